The van der Waals surface area contributed by atoms with Gasteiger partial charge >= 0.3 is 0 Å². The predicted octanol–water partition coefficient (Wildman–Crippen LogP) is 1.85. The molecule has 9 nitrogen and oxygen atoms in total. The lowest BCUT2D eigenvalue weighted by Crippen LogP contribution is -2.64. The van der Waals surface area contributed by atoms with Crippen molar-refractivity contribution in [3.63, 3.8) is 0 Å². The summed E-state index contributed by atoms with van der Waals surface area (Å²) in [6.07, 6.45) is 3.59. The summed E-state index contributed by atoms with van der Waals surface area (Å²) >= 11 is 0. The molecule has 0 radical (unpaired) electrons. The van der Waals surface area contributed by atoms with Crippen molar-refractivity contribution < 1.29 is 19.6 Å². The third kappa shape index (κ3) is 6.58. The zero-order valence-electron chi connectivity index (χ0n) is 20.9. The molecule has 0 aliphatic heterocycles. The lowest BCUT2D eigenvalue weighted by molar-refractivity contribution is -0.148. The van der Waals surface area contributed by atoms with Gasteiger partial charge in [0.25, 0.3) is 17.7 Å². The van der Waals surface area contributed by atoms with E-state index < -0.39 is 23.3 Å². The second kappa shape index (κ2) is 12.4. The van der Waals surface area contributed by atoms with E-state index in [2.05, 4.69) is 27.5 Å². The first kappa shape index (κ1) is 27.1. The molecule has 3 amide bonds. The van der Waals surface area contributed by atoms with E-state index in [9.17, 15) is 14.4 Å². The minimum Gasteiger partial charge on any atom is -0.357 e. The number of pyridine rings is 1. The van der Waals surface area contributed by atoms with Gasteiger partial charge < -0.3 is 15.5 Å². The first-order valence-electron chi connectivity index (χ1n) is 11.5. The molecule has 0 aliphatic carbocycles. The fourth-order valence-electron chi connectivity index (χ4n) is 3.56. The molecule has 9 heteroatoms. The highest BCUT2D eigenvalue weighted by Gasteiger charge is 2.47. The molecule has 1 atom stereocenters. The maximum Gasteiger partial charge on any atom is 0.278 e. The molecular formula is C28H29N5O4. The highest BCUT2D eigenvalue weighted by Crippen LogP contribution is 2.18. The van der Waals surface area contributed by atoms with Crippen molar-refractivity contribution >= 4 is 17.7 Å². The average molecular weight is 500 g/mol. The van der Waals surface area contributed by atoms with Gasteiger partial charge in [0.2, 0.25) is 0 Å². The van der Waals surface area contributed by atoms with Crippen molar-refractivity contribution in [2.75, 3.05) is 14.1 Å². The van der Waals surface area contributed by atoms with Gasteiger partial charge in [0.05, 0.1) is 0 Å². The molecule has 4 N–H and O–H groups in total. The second-order valence-electron chi connectivity index (χ2n) is 8.45. The number of hydrogen-bond donors (Lipinski definition) is 4. The summed E-state index contributed by atoms with van der Waals surface area (Å²) in [6, 6.07) is 18.4. The van der Waals surface area contributed by atoms with Gasteiger partial charge in [0.1, 0.15) is 0 Å². The van der Waals surface area contributed by atoms with E-state index in [1.54, 1.807) is 30.5 Å². The van der Waals surface area contributed by atoms with Crippen LogP contribution in [0.15, 0.2) is 73.1 Å². The third-order valence-corrected chi connectivity index (χ3v) is 6.01. The van der Waals surface area contributed by atoms with Crippen molar-refractivity contribution in [2.24, 2.45) is 0 Å². The van der Waals surface area contributed by atoms with E-state index in [-0.39, 0.29) is 5.56 Å². The van der Waals surface area contributed by atoms with E-state index in [4.69, 9.17) is 5.21 Å². The van der Waals surface area contributed by atoms with Crippen LogP contribution in [-0.2, 0) is 22.7 Å². The SMILES string of the molecule is CNC(=O)[C@@](C)(C(=O)NO)N(C)C(=O)c1ccc(C#Cc2ccc(CNCc3cccnc3)cc2)cc1. The molecule has 3 rings (SSSR count). The Bertz CT molecular complexity index is 1280. The number of amides is 3. The van der Waals surface area contributed by atoms with Crippen molar-refractivity contribution in [2.45, 2.75) is 25.6 Å². The average Bonchev–Trinajstić information content (AvgIpc) is 2.95. The lowest BCUT2D eigenvalue weighted by atomic mass is 9.96. The molecule has 1 heterocycles. The Balaban J connectivity index is 1.62. The number of likely N-dealkylation sites (N-methyl/N-ethyl adjacent to an activating group) is 2. The van der Waals surface area contributed by atoms with Gasteiger partial charge in [-0.15, -0.1) is 0 Å². The Labute approximate surface area is 215 Å². The number of nitrogens with zero attached hydrogens (tertiary/aromatic N) is 2. The Hall–Kier alpha value is -4.52. The first-order valence-corrected chi connectivity index (χ1v) is 11.5. The number of aromatic nitrogens is 1. The minimum absolute atomic E-state index is 0.261. The fraction of sp³-hybridized carbons (Fsp3) is 0.214. The van der Waals surface area contributed by atoms with E-state index in [0.717, 1.165) is 34.7 Å². The van der Waals surface area contributed by atoms with Crippen LogP contribution in [0.4, 0.5) is 0 Å². The smallest absolute Gasteiger partial charge is 0.278 e. The quantitative estimate of drug-likeness (QED) is 0.162. The summed E-state index contributed by atoms with van der Waals surface area (Å²) < 4.78 is 0. The molecule has 0 spiro atoms. The van der Waals surface area contributed by atoms with Crippen molar-refractivity contribution in [1.82, 2.24) is 26.0 Å². The highest BCUT2D eigenvalue weighted by molar-refractivity contribution is 6.12. The summed E-state index contributed by atoms with van der Waals surface area (Å²) in [5.41, 5.74) is 3.58. The zero-order chi connectivity index (χ0) is 26.8. The molecule has 0 unspecified atom stereocenters. The number of hydrogen-bond acceptors (Lipinski definition) is 6. The van der Waals surface area contributed by atoms with Crippen LogP contribution in [0.5, 0.6) is 0 Å². The standard InChI is InChI=1S/C28H29N5O4/c1-28(26(35)29-2,27(36)32-37)33(3)25(34)24-14-12-21(13-15-24)7-6-20-8-10-22(11-9-20)17-31-19-23-5-4-16-30-18-23/h4-5,8-16,18,31,37H,17,19H2,1-3H3,(H,29,35)(H,32,36)/t28-/m0/s1. The Morgan fingerprint density at radius 2 is 1.51 bits per heavy atom. The summed E-state index contributed by atoms with van der Waals surface area (Å²) in [5, 5.41) is 14.8. The lowest BCUT2D eigenvalue weighted by Gasteiger charge is -2.34. The number of carbonyl (C=O) groups is 3. The molecule has 1 aromatic heterocycles. The van der Waals surface area contributed by atoms with Gasteiger partial charge in [0.15, 0.2) is 5.54 Å². The van der Waals surface area contributed by atoms with Crippen LogP contribution >= 0.6 is 0 Å². The van der Waals surface area contributed by atoms with Gasteiger partial charge in [-0.05, 0) is 60.5 Å². The predicted molar refractivity (Wildman–Crippen MR) is 138 cm³/mol. The van der Waals surface area contributed by atoms with Gasteiger partial charge in [-0.3, -0.25) is 24.6 Å². The van der Waals surface area contributed by atoms with E-state index in [1.165, 1.54) is 26.5 Å². The van der Waals surface area contributed by atoms with Crippen LogP contribution in [0.3, 0.4) is 0 Å². The maximum absolute atomic E-state index is 13.0. The molecule has 0 saturated heterocycles. The Kier molecular flexibility index (Phi) is 9.11. The number of rotatable bonds is 8. The van der Waals surface area contributed by atoms with Crippen LogP contribution < -0.4 is 16.1 Å². The summed E-state index contributed by atoms with van der Waals surface area (Å²) in [7, 11) is 2.66. The van der Waals surface area contributed by atoms with Gasteiger partial charge in [0, 0.05) is 56.3 Å². The van der Waals surface area contributed by atoms with Gasteiger partial charge in [-0.2, -0.15) is 0 Å². The monoisotopic (exact) mass is 499 g/mol. The minimum atomic E-state index is -1.94. The number of benzene rings is 2. The molecule has 37 heavy (non-hydrogen) atoms. The number of carbonyl (C=O) groups excluding carboxylic acids is 3. The maximum atomic E-state index is 13.0. The van der Waals surface area contributed by atoms with Crippen LogP contribution in [0.25, 0.3) is 0 Å². The molecular weight excluding hydrogens is 470 g/mol. The summed E-state index contributed by atoms with van der Waals surface area (Å²) in [4.78, 5) is 42.5. The molecule has 3 aromatic rings. The number of nitrogens with one attached hydrogen (secondary N) is 3. The third-order valence-electron chi connectivity index (χ3n) is 6.01. The normalized spacial score (nSPS) is 11.9. The zero-order valence-corrected chi connectivity index (χ0v) is 20.9. The summed E-state index contributed by atoms with van der Waals surface area (Å²) in [5.74, 6) is 3.83. The van der Waals surface area contributed by atoms with Crippen LogP contribution in [-0.4, -0.2) is 52.4 Å². The molecule has 0 fully saturated rings. The van der Waals surface area contributed by atoms with Gasteiger partial charge in [-0.1, -0.05) is 30.0 Å². The largest absolute Gasteiger partial charge is 0.357 e. The van der Waals surface area contributed by atoms with Crippen molar-refractivity contribution in [1.29, 1.82) is 0 Å². The van der Waals surface area contributed by atoms with Crippen LogP contribution in [0.1, 0.15) is 39.5 Å². The molecule has 2 aromatic carbocycles. The van der Waals surface area contributed by atoms with E-state index in [0.29, 0.717) is 5.56 Å². The van der Waals surface area contributed by atoms with Crippen LogP contribution in [0, 0.1) is 11.8 Å². The van der Waals surface area contributed by atoms with Gasteiger partial charge in [-0.25, -0.2) is 5.48 Å². The molecule has 190 valence electrons. The molecule has 0 bridgehead atoms. The number of hydroxylamine groups is 1. The van der Waals surface area contributed by atoms with Crippen molar-refractivity contribution in [3.05, 3.63) is 101 Å². The van der Waals surface area contributed by atoms with Crippen molar-refractivity contribution in [3.8, 4) is 11.8 Å². The second-order valence-corrected chi connectivity index (χ2v) is 8.45. The van der Waals surface area contributed by atoms with E-state index >= 15 is 0 Å². The molecule has 0 aliphatic rings. The topological polar surface area (TPSA) is 124 Å². The highest BCUT2D eigenvalue weighted by atomic mass is 16.5. The molecule has 0 saturated carbocycles. The van der Waals surface area contributed by atoms with Crippen LogP contribution in [0.2, 0.25) is 0 Å². The fourth-order valence-corrected chi connectivity index (χ4v) is 3.56. The Morgan fingerprint density at radius 1 is 0.919 bits per heavy atom. The Morgan fingerprint density at radius 3 is 2.05 bits per heavy atom. The first-order chi connectivity index (χ1) is 17.8. The van der Waals surface area contributed by atoms with E-state index in [1.807, 2.05) is 42.6 Å². The summed E-state index contributed by atoms with van der Waals surface area (Å²) in [6.45, 7) is 2.71.